The summed E-state index contributed by atoms with van der Waals surface area (Å²) in [6, 6.07) is 13.8. The average Bonchev–Trinajstić information content (AvgIpc) is 3.04. The molecule has 0 saturated heterocycles. The van der Waals surface area contributed by atoms with Crippen molar-refractivity contribution >= 4 is 26.8 Å². The highest BCUT2D eigenvalue weighted by Crippen LogP contribution is 2.29. The van der Waals surface area contributed by atoms with Gasteiger partial charge >= 0.3 is 0 Å². The first-order valence-electron chi connectivity index (χ1n) is 9.73. The molecule has 0 saturated carbocycles. The van der Waals surface area contributed by atoms with Gasteiger partial charge in [0.25, 0.3) is 5.91 Å². The number of rotatable bonds is 5. The van der Waals surface area contributed by atoms with E-state index >= 15 is 0 Å². The minimum Gasteiger partial charge on any atom is -0.358 e. The van der Waals surface area contributed by atoms with Gasteiger partial charge in [-0.05, 0) is 43.2 Å². The van der Waals surface area contributed by atoms with E-state index in [4.69, 9.17) is 0 Å². The molecule has 1 amide bonds. The van der Waals surface area contributed by atoms with Gasteiger partial charge < -0.3 is 9.88 Å². The lowest BCUT2D eigenvalue weighted by molar-refractivity contribution is 0.0735. The van der Waals surface area contributed by atoms with E-state index in [9.17, 15) is 13.2 Å². The van der Waals surface area contributed by atoms with Crippen LogP contribution in [0.15, 0.2) is 42.5 Å². The molecule has 2 N–H and O–H groups in total. The van der Waals surface area contributed by atoms with Crippen LogP contribution in [0.5, 0.6) is 0 Å². The largest absolute Gasteiger partial charge is 0.358 e. The molecule has 0 aliphatic carbocycles. The zero-order chi connectivity index (χ0) is 20.6. The molecule has 2 heterocycles. The molecule has 6 nitrogen and oxygen atoms in total. The lowest BCUT2D eigenvalue weighted by Crippen LogP contribution is -2.35. The van der Waals surface area contributed by atoms with Crippen LogP contribution < -0.4 is 4.72 Å². The third-order valence-corrected chi connectivity index (χ3v) is 6.13. The highest BCUT2D eigenvalue weighted by molar-refractivity contribution is 7.88. The lowest BCUT2D eigenvalue weighted by atomic mass is 10.0. The van der Waals surface area contributed by atoms with Gasteiger partial charge in [0.15, 0.2) is 0 Å². The van der Waals surface area contributed by atoms with Crippen molar-refractivity contribution in [3.05, 3.63) is 70.4 Å². The Labute approximate surface area is 171 Å². The van der Waals surface area contributed by atoms with Crippen LogP contribution in [0.1, 0.15) is 32.7 Å². The SMILES string of the molecule is Cc1ccc2[nH]c3c(c2c1)CN(C(=O)c1ccc(CCNS(C)(=O)=O)cc1)CC3. The fourth-order valence-electron chi connectivity index (χ4n) is 3.88. The summed E-state index contributed by atoms with van der Waals surface area (Å²) in [5.41, 5.74) is 6.43. The Kier molecular flexibility index (Phi) is 5.19. The number of carbonyl (C=O) groups is 1. The van der Waals surface area contributed by atoms with Crippen molar-refractivity contribution in [2.75, 3.05) is 19.3 Å². The van der Waals surface area contributed by atoms with Crippen molar-refractivity contribution in [3.63, 3.8) is 0 Å². The maximum Gasteiger partial charge on any atom is 0.254 e. The van der Waals surface area contributed by atoms with Crippen molar-refractivity contribution in [1.82, 2.24) is 14.6 Å². The average molecular weight is 412 g/mol. The standard InChI is InChI=1S/C22H25N3O3S/c1-15-3-8-20-18(13-15)19-14-25(12-10-21(19)24-20)22(26)17-6-4-16(5-7-17)9-11-23-29(2,27)28/h3-8,13,23-24H,9-12,14H2,1-2H3. The van der Waals surface area contributed by atoms with Gasteiger partial charge in [0.05, 0.1) is 6.26 Å². The maximum absolute atomic E-state index is 13.0. The summed E-state index contributed by atoms with van der Waals surface area (Å²) in [4.78, 5) is 18.4. The fraction of sp³-hybridized carbons (Fsp3) is 0.318. The highest BCUT2D eigenvalue weighted by atomic mass is 32.2. The molecule has 1 aliphatic rings. The molecule has 0 fully saturated rings. The Morgan fingerprint density at radius 2 is 1.93 bits per heavy atom. The molecule has 0 bridgehead atoms. The number of hydrogen-bond donors (Lipinski definition) is 2. The van der Waals surface area contributed by atoms with Crippen LogP contribution in [-0.2, 0) is 29.4 Å². The molecule has 4 rings (SSSR count). The summed E-state index contributed by atoms with van der Waals surface area (Å²) in [6.07, 6.45) is 2.56. The monoisotopic (exact) mass is 411 g/mol. The predicted molar refractivity (Wildman–Crippen MR) is 114 cm³/mol. The van der Waals surface area contributed by atoms with E-state index in [2.05, 4.69) is 34.8 Å². The summed E-state index contributed by atoms with van der Waals surface area (Å²) < 4.78 is 24.8. The second-order valence-corrected chi connectivity index (χ2v) is 9.55. The Balaban J connectivity index is 1.46. The molecule has 0 atom stereocenters. The fourth-order valence-corrected chi connectivity index (χ4v) is 4.35. The lowest BCUT2D eigenvalue weighted by Gasteiger charge is -2.27. The van der Waals surface area contributed by atoms with Crippen LogP contribution in [-0.4, -0.2) is 43.6 Å². The normalized spacial score (nSPS) is 14.2. The van der Waals surface area contributed by atoms with Crippen molar-refractivity contribution in [3.8, 4) is 0 Å². The van der Waals surface area contributed by atoms with E-state index in [0.717, 1.165) is 23.8 Å². The van der Waals surface area contributed by atoms with Crippen LogP contribution in [0.3, 0.4) is 0 Å². The molecule has 7 heteroatoms. The van der Waals surface area contributed by atoms with Crippen molar-refractivity contribution in [2.24, 2.45) is 0 Å². The van der Waals surface area contributed by atoms with E-state index in [1.807, 2.05) is 29.2 Å². The zero-order valence-electron chi connectivity index (χ0n) is 16.7. The number of nitrogens with zero attached hydrogens (tertiary/aromatic N) is 1. The molecular formula is C22H25N3O3S. The molecule has 2 aromatic carbocycles. The minimum atomic E-state index is -3.18. The van der Waals surface area contributed by atoms with Gasteiger partial charge in [-0.25, -0.2) is 13.1 Å². The van der Waals surface area contributed by atoms with E-state index < -0.39 is 10.0 Å². The van der Waals surface area contributed by atoms with Gasteiger partial charge in [0.1, 0.15) is 0 Å². The van der Waals surface area contributed by atoms with Gasteiger partial charge in [-0.3, -0.25) is 4.79 Å². The number of aryl methyl sites for hydroxylation is 1. The number of aromatic nitrogens is 1. The molecule has 1 aromatic heterocycles. The van der Waals surface area contributed by atoms with E-state index in [0.29, 0.717) is 31.6 Å². The molecule has 0 radical (unpaired) electrons. The summed E-state index contributed by atoms with van der Waals surface area (Å²) in [5, 5.41) is 1.20. The van der Waals surface area contributed by atoms with Crippen LogP contribution in [0.2, 0.25) is 0 Å². The van der Waals surface area contributed by atoms with Gasteiger partial charge in [-0.1, -0.05) is 23.8 Å². The van der Waals surface area contributed by atoms with E-state index in [1.54, 1.807) is 0 Å². The molecule has 0 unspecified atom stereocenters. The van der Waals surface area contributed by atoms with Gasteiger partial charge in [0, 0.05) is 53.8 Å². The Hall–Kier alpha value is -2.64. The van der Waals surface area contributed by atoms with E-state index in [-0.39, 0.29) is 5.91 Å². The van der Waals surface area contributed by atoms with Crippen molar-refractivity contribution in [1.29, 1.82) is 0 Å². The maximum atomic E-state index is 13.0. The van der Waals surface area contributed by atoms with Gasteiger partial charge in [-0.15, -0.1) is 0 Å². The second kappa shape index (κ2) is 7.65. The zero-order valence-corrected chi connectivity index (χ0v) is 17.5. The quantitative estimate of drug-likeness (QED) is 0.677. The second-order valence-electron chi connectivity index (χ2n) is 7.72. The number of benzene rings is 2. The van der Waals surface area contributed by atoms with Crippen LogP contribution >= 0.6 is 0 Å². The molecule has 1 aliphatic heterocycles. The topological polar surface area (TPSA) is 82.3 Å². The molecular weight excluding hydrogens is 386 g/mol. The van der Waals surface area contributed by atoms with Crippen LogP contribution in [0.4, 0.5) is 0 Å². The summed E-state index contributed by atoms with van der Waals surface area (Å²) in [7, 11) is -3.18. The Morgan fingerprint density at radius 1 is 1.17 bits per heavy atom. The third-order valence-electron chi connectivity index (χ3n) is 5.40. The number of sulfonamides is 1. The third kappa shape index (κ3) is 4.36. The van der Waals surface area contributed by atoms with Crippen molar-refractivity contribution < 1.29 is 13.2 Å². The number of H-pyrrole nitrogens is 1. The minimum absolute atomic E-state index is 0.0264. The summed E-state index contributed by atoms with van der Waals surface area (Å²) in [6.45, 7) is 3.73. The van der Waals surface area contributed by atoms with Gasteiger partial charge in [0.2, 0.25) is 10.0 Å². The number of aromatic amines is 1. The van der Waals surface area contributed by atoms with Crippen molar-refractivity contribution in [2.45, 2.75) is 26.3 Å². The van der Waals surface area contributed by atoms with Crippen LogP contribution in [0, 0.1) is 6.92 Å². The molecule has 152 valence electrons. The Bertz CT molecular complexity index is 1160. The first kappa shape index (κ1) is 19.7. The van der Waals surface area contributed by atoms with Crippen LogP contribution in [0.25, 0.3) is 10.9 Å². The smallest absolute Gasteiger partial charge is 0.254 e. The molecule has 0 spiro atoms. The number of hydrogen-bond acceptors (Lipinski definition) is 3. The number of carbonyl (C=O) groups excluding carboxylic acids is 1. The number of fused-ring (bicyclic) bond motifs is 3. The highest BCUT2D eigenvalue weighted by Gasteiger charge is 2.24. The number of nitrogens with one attached hydrogen (secondary N) is 2. The van der Waals surface area contributed by atoms with Gasteiger partial charge in [-0.2, -0.15) is 0 Å². The number of amides is 1. The molecule has 29 heavy (non-hydrogen) atoms. The van der Waals surface area contributed by atoms with E-state index in [1.165, 1.54) is 22.2 Å². The first-order chi connectivity index (χ1) is 13.8. The predicted octanol–water partition coefficient (Wildman–Crippen LogP) is 2.77. The summed E-state index contributed by atoms with van der Waals surface area (Å²) >= 11 is 0. The first-order valence-corrected chi connectivity index (χ1v) is 11.6. The summed E-state index contributed by atoms with van der Waals surface area (Å²) in [5.74, 6) is 0.0264. The molecule has 3 aromatic rings. The Morgan fingerprint density at radius 3 is 2.66 bits per heavy atom.